The van der Waals surface area contributed by atoms with Crippen molar-refractivity contribution in [2.24, 2.45) is 11.1 Å². The molecule has 4 N–H and O–H groups in total. The molecule has 1 aliphatic rings. The number of aromatic nitrogens is 3. The number of aromatic amines is 1. The highest BCUT2D eigenvalue weighted by Crippen LogP contribution is 2.34. The molecule has 0 bridgehead atoms. The lowest BCUT2D eigenvalue weighted by Gasteiger charge is -2.29. The summed E-state index contributed by atoms with van der Waals surface area (Å²) in [5.41, 5.74) is 5.58. The summed E-state index contributed by atoms with van der Waals surface area (Å²) in [7, 11) is 0. The highest BCUT2D eigenvalue weighted by molar-refractivity contribution is 5.82. The number of hydrogen-bond acceptors (Lipinski definition) is 4. The minimum absolute atomic E-state index is 0.138. The van der Waals surface area contributed by atoms with Crippen LogP contribution in [0.15, 0.2) is 6.33 Å². The second kappa shape index (κ2) is 7.38. The van der Waals surface area contributed by atoms with E-state index in [4.69, 9.17) is 5.73 Å². The number of hydrogen-bond donors (Lipinski definition) is 3. The van der Waals surface area contributed by atoms with E-state index in [1.165, 1.54) is 19.2 Å². The molecule has 112 valence electrons. The van der Waals surface area contributed by atoms with Gasteiger partial charge in [-0.15, -0.1) is 0 Å². The second-order valence-electron chi connectivity index (χ2n) is 5.69. The van der Waals surface area contributed by atoms with Gasteiger partial charge in [0, 0.05) is 19.5 Å². The van der Waals surface area contributed by atoms with Crippen LogP contribution in [0.25, 0.3) is 0 Å². The quantitative estimate of drug-likeness (QED) is 0.537. The van der Waals surface area contributed by atoms with Crippen molar-refractivity contribution in [3.05, 3.63) is 12.2 Å². The zero-order valence-electron chi connectivity index (χ0n) is 12.0. The number of rotatable bonds is 6. The summed E-state index contributed by atoms with van der Waals surface area (Å²) in [5.74, 6) is 1.00. The molecule has 6 heteroatoms. The molecule has 0 aliphatic heterocycles. The highest BCUT2D eigenvalue weighted by atomic mass is 16.2. The zero-order valence-corrected chi connectivity index (χ0v) is 12.0. The maximum Gasteiger partial charge on any atom is 0.227 e. The molecule has 20 heavy (non-hydrogen) atoms. The van der Waals surface area contributed by atoms with Gasteiger partial charge in [0.2, 0.25) is 5.91 Å². The number of nitrogens with one attached hydrogen (secondary N) is 2. The van der Waals surface area contributed by atoms with E-state index in [-0.39, 0.29) is 11.3 Å². The fourth-order valence-electron chi connectivity index (χ4n) is 2.93. The van der Waals surface area contributed by atoms with Gasteiger partial charge >= 0.3 is 0 Å². The third kappa shape index (κ3) is 3.79. The predicted octanol–water partition coefficient (Wildman–Crippen LogP) is 1.15. The van der Waals surface area contributed by atoms with E-state index in [1.807, 2.05) is 0 Å². The lowest BCUT2D eigenvalue weighted by Crippen LogP contribution is -2.46. The summed E-state index contributed by atoms with van der Waals surface area (Å²) in [6, 6.07) is 0. The molecule has 1 aliphatic carbocycles. The van der Waals surface area contributed by atoms with Crippen molar-refractivity contribution in [2.75, 3.05) is 13.1 Å². The normalized spacial score (nSPS) is 18.4. The van der Waals surface area contributed by atoms with Crippen molar-refractivity contribution >= 4 is 5.91 Å². The smallest absolute Gasteiger partial charge is 0.227 e. The van der Waals surface area contributed by atoms with Crippen molar-refractivity contribution in [1.29, 1.82) is 0 Å². The van der Waals surface area contributed by atoms with E-state index in [0.717, 1.165) is 44.3 Å². The molecule has 0 saturated heterocycles. The SMILES string of the molecule is NCC1(C(=O)NCCCc2ncn[nH]2)CCCCCC1. The number of aryl methyl sites for hydroxylation is 1. The lowest BCUT2D eigenvalue weighted by atomic mass is 9.79. The van der Waals surface area contributed by atoms with Gasteiger partial charge in [0.1, 0.15) is 12.2 Å². The van der Waals surface area contributed by atoms with Crippen LogP contribution < -0.4 is 11.1 Å². The molecule has 2 rings (SSSR count). The molecule has 1 amide bonds. The average Bonchev–Trinajstić information content (AvgIpc) is 2.86. The minimum Gasteiger partial charge on any atom is -0.356 e. The molecule has 1 saturated carbocycles. The Morgan fingerprint density at radius 2 is 2.10 bits per heavy atom. The molecule has 0 atom stereocenters. The largest absolute Gasteiger partial charge is 0.356 e. The highest BCUT2D eigenvalue weighted by Gasteiger charge is 2.36. The fourth-order valence-corrected chi connectivity index (χ4v) is 2.93. The molecule has 1 aromatic heterocycles. The third-order valence-corrected chi connectivity index (χ3v) is 4.27. The van der Waals surface area contributed by atoms with Gasteiger partial charge in [0.05, 0.1) is 5.41 Å². The summed E-state index contributed by atoms with van der Waals surface area (Å²) in [4.78, 5) is 16.5. The summed E-state index contributed by atoms with van der Waals surface area (Å²) in [6.07, 6.45) is 9.70. The van der Waals surface area contributed by atoms with E-state index in [9.17, 15) is 4.79 Å². The fraction of sp³-hybridized carbons (Fsp3) is 0.786. The Balaban J connectivity index is 1.77. The van der Waals surface area contributed by atoms with Gasteiger partial charge in [-0.3, -0.25) is 9.89 Å². The molecule has 0 spiro atoms. The Kier molecular flexibility index (Phi) is 5.52. The average molecular weight is 279 g/mol. The first-order valence-electron chi connectivity index (χ1n) is 7.59. The van der Waals surface area contributed by atoms with E-state index in [0.29, 0.717) is 13.1 Å². The van der Waals surface area contributed by atoms with Crippen molar-refractivity contribution < 1.29 is 4.79 Å². The third-order valence-electron chi connectivity index (χ3n) is 4.27. The summed E-state index contributed by atoms with van der Waals surface area (Å²) >= 11 is 0. The molecule has 0 aromatic carbocycles. The predicted molar refractivity (Wildman–Crippen MR) is 76.9 cm³/mol. The zero-order chi connectivity index (χ0) is 14.3. The van der Waals surface area contributed by atoms with E-state index in [2.05, 4.69) is 20.5 Å². The van der Waals surface area contributed by atoms with Crippen LogP contribution in [0.4, 0.5) is 0 Å². The van der Waals surface area contributed by atoms with Crippen LogP contribution in [0.2, 0.25) is 0 Å². The molecule has 1 fully saturated rings. The van der Waals surface area contributed by atoms with Gasteiger partial charge < -0.3 is 11.1 Å². The first-order valence-corrected chi connectivity index (χ1v) is 7.59. The van der Waals surface area contributed by atoms with Crippen LogP contribution in [-0.2, 0) is 11.2 Å². The van der Waals surface area contributed by atoms with Crippen molar-refractivity contribution in [3.63, 3.8) is 0 Å². The maximum absolute atomic E-state index is 12.4. The van der Waals surface area contributed by atoms with Gasteiger partial charge in [-0.1, -0.05) is 25.7 Å². The van der Waals surface area contributed by atoms with Crippen LogP contribution in [-0.4, -0.2) is 34.2 Å². The number of H-pyrrole nitrogens is 1. The molecule has 6 nitrogen and oxygen atoms in total. The van der Waals surface area contributed by atoms with Crippen molar-refractivity contribution in [1.82, 2.24) is 20.5 Å². The van der Waals surface area contributed by atoms with Crippen LogP contribution in [0.5, 0.6) is 0 Å². The van der Waals surface area contributed by atoms with E-state index >= 15 is 0 Å². The maximum atomic E-state index is 12.4. The van der Waals surface area contributed by atoms with Gasteiger partial charge in [-0.05, 0) is 19.3 Å². The first-order chi connectivity index (χ1) is 9.77. The topological polar surface area (TPSA) is 96.7 Å². The van der Waals surface area contributed by atoms with Crippen LogP contribution >= 0.6 is 0 Å². The van der Waals surface area contributed by atoms with E-state index < -0.39 is 0 Å². The monoisotopic (exact) mass is 279 g/mol. The van der Waals surface area contributed by atoms with Crippen LogP contribution in [0, 0.1) is 5.41 Å². The molecule has 0 radical (unpaired) electrons. The number of nitrogens with zero attached hydrogens (tertiary/aromatic N) is 2. The van der Waals surface area contributed by atoms with E-state index in [1.54, 1.807) is 0 Å². The summed E-state index contributed by atoms with van der Waals surface area (Å²) in [5, 5.41) is 9.68. The van der Waals surface area contributed by atoms with Gasteiger partial charge in [0.25, 0.3) is 0 Å². The molecule has 0 unspecified atom stereocenters. The Labute approximate surface area is 119 Å². The van der Waals surface area contributed by atoms with Crippen molar-refractivity contribution in [2.45, 2.75) is 51.4 Å². The minimum atomic E-state index is -0.331. The molecule has 1 aromatic rings. The Bertz CT molecular complexity index is 396. The number of carbonyl (C=O) groups is 1. The van der Waals surface area contributed by atoms with Crippen LogP contribution in [0.3, 0.4) is 0 Å². The molecular formula is C14H25N5O. The standard InChI is InChI=1S/C14H25N5O/c15-10-14(7-3-1-2-4-8-14)13(20)16-9-5-6-12-17-11-18-19-12/h11H,1-10,15H2,(H,16,20)(H,17,18,19). The number of nitrogens with two attached hydrogens (primary N) is 1. The summed E-state index contributed by atoms with van der Waals surface area (Å²) in [6.45, 7) is 1.13. The Morgan fingerprint density at radius 3 is 2.70 bits per heavy atom. The second-order valence-corrected chi connectivity index (χ2v) is 5.69. The lowest BCUT2D eigenvalue weighted by molar-refractivity contribution is -0.131. The molecule has 1 heterocycles. The number of carbonyl (C=O) groups excluding carboxylic acids is 1. The van der Waals surface area contributed by atoms with Gasteiger partial charge in [-0.25, -0.2) is 4.98 Å². The first kappa shape index (κ1) is 15.0. The van der Waals surface area contributed by atoms with Gasteiger partial charge in [-0.2, -0.15) is 5.10 Å². The Morgan fingerprint density at radius 1 is 1.35 bits per heavy atom. The summed E-state index contributed by atoms with van der Waals surface area (Å²) < 4.78 is 0. The molecular weight excluding hydrogens is 254 g/mol. The number of amides is 1. The van der Waals surface area contributed by atoms with Crippen molar-refractivity contribution in [3.8, 4) is 0 Å². The van der Waals surface area contributed by atoms with Crippen LogP contribution in [0.1, 0.15) is 50.8 Å². The Hall–Kier alpha value is -1.43. The van der Waals surface area contributed by atoms with Gasteiger partial charge in [0.15, 0.2) is 0 Å².